The van der Waals surface area contributed by atoms with Crippen LogP contribution >= 0.6 is 24.0 Å². The number of nitrogens with one attached hydrogen (secondary N) is 2. The SMILES string of the molecule is CCOCc1ccc(CNC(=NC)NC2CCN(C(C)C)CC2)cc1.I. The molecule has 0 amide bonds. The third kappa shape index (κ3) is 7.80. The second kappa shape index (κ2) is 12.5. The molecular formula is C20H35IN4O. The van der Waals surface area contributed by atoms with Crippen LogP contribution in [0.4, 0.5) is 0 Å². The molecule has 2 rings (SSSR count). The lowest BCUT2D eigenvalue weighted by molar-refractivity contribution is 0.134. The Bertz CT molecular complexity index is 525. The molecule has 1 heterocycles. The number of benzene rings is 1. The molecule has 6 heteroatoms. The molecule has 1 aromatic carbocycles. The van der Waals surface area contributed by atoms with Gasteiger partial charge in [-0.05, 0) is 44.7 Å². The van der Waals surface area contributed by atoms with E-state index in [-0.39, 0.29) is 24.0 Å². The van der Waals surface area contributed by atoms with Crippen LogP contribution in [-0.4, -0.2) is 49.7 Å². The first-order valence-corrected chi connectivity index (χ1v) is 9.49. The number of ether oxygens (including phenoxy) is 1. The number of halogens is 1. The van der Waals surface area contributed by atoms with E-state index < -0.39 is 0 Å². The molecule has 1 aromatic rings. The standard InChI is InChI=1S/C20H34N4O.HI/c1-5-25-15-18-8-6-17(7-9-18)14-22-20(21-4)23-19-10-12-24(13-11-19)16(2)3;/h6-9,16,19H,5,10-15H2,1-4H3,(H2,21,22,23);1H. The molecule has 1 aliphatic heterocycles. The van der Waals surface area contributed by atoms with Crippen molar-refractivity contribution in [2.75, 3.05) is 26.7 Å². The Morgan fingerprint density at radius 2 is 1.81 bits per heavy atom. The van der Waals surface area contributed by atoms with Gasteiger partial charge in [0.15, 0.2) is 5.96 Å². The number of aliphatic imine (C=N–C) groups is 1. The molecule has 0 radical (unpaired) electrons. The van der Waals surface area contributed by atoms with Crippen LogP contribution in [0.2, 0.25) is 0 Å². The molecule has 1 saturated heterocycles. The summed E-state index contributed by atoms with van der Waals surface area (Å²) in [7, 11) is 1.84. The van der Waals surface area contributed by atoms with Crippen LogP contribution in [-0.2, 0) is 17.9 Å². The van der Waals surface area contributed by atoms with Crippen LogP contribution in [0.25, 0.3) is 0 Å². The fourth-order valence-electron chi connectivity index (χ4n) is 3.11. The normalized spacial score (nSPS) is 16.4. The Morgan fingerprint density at radius 1 is 1.19 bits per heavy atom. The number of likely N-dealkylation sites (tertiary alicyclic amines) is 1. The minimum atomic E-state index is 0. The van der Waals surface area contributed by atoms with Gasteiger partial charge in [-0.15, -0.1) is 24.0 Å². The summed E-state index contributed by atoms with van der Waals surface area (Å²) >= 11 is 0. The van der Waals surface area contributed by atoms with E-state index in [0.29, 0.717) is 18.7 Å². The molecule has 1 aliphatic rings. The average molecular weight is 474 g/mol. The zero-order chi connectivity index (χ0) is 18.1. The highest BCUT2D eigenvalue weighted by Crippen LogP contribution is 2.13. The molecule has 0 bridgehead atoms. The third-order valence-electron chi connectivity index (χ3n) is 4.78. The highest BCUT2D eigenvalue weighted by molar-refractivity contribution is 14.0. The third-order valence-corrected chi connectivity index (χ3v) is 4.78. The summed E-state index contributed by atoms with van der Waals surface area (Å²) in [5, 5.41) is 6.99. The van der Waals surface area contributed by atoms with Gasteiger partial charge in [0.1, 0.15) is 0 Å². The number of hydrogen-bond acceptors (Lipinski definition) is 3. The first kappa shape index (κ1) is 23.2. The Morgan fingerprint density at radius 3 is 2.35 bits per heavy atom. The smallest absolute Gasteiger partial charge is 0.191 e. The largest absolute Gasteiger partial charge is 0.377 e. The van der Waals surface area contributed by atoms with E-state index in [1.165, 1.54) is 24.0 Å². The van der Waals surface area contributed by atoms with Gasteiger partial charge in [-0.2, -0.15) is 0 Å². The highest BCUT2D eigenvalue weighted by atomic mass is 127. The van der Waals surface area contributed by atoms with Crippen molar-refractivity contribution in [3.05, 3.63) is 35.4 Å². The first-order valence-electron chi connectivity index (χ1n) is 9.49. The molecule has 1 fully saturated rings. The monoisotopic (exact) mass is 474 g/mol. The molecule has 26 heavy (non-hydrogen) atoms. The summed E-state index contributed by atoms with van der Waals surface area (Å²) in [6.45, 7) is 11.1. The maximum atomic E-state index is 5.43. The van der Waals surface area contributed by atoms with Crippen molar-refractivity contribution in [1.29, 1.82) is 0 Å². The van der Waals surface area contributed by atoms with Crippen LogP contribution in [0.1, 0.15) is 44.7 Å². The number of guanidine groups is 1. The Hall–Kier alpha value is -0.860. The molecule has 148 valence electrons. The van der Waals surface area contributed by atoms with Gasteiger partial charge in [0, 0.05) is 45.4 Å². The number of piperidine rings is 1. The number of rotatable bonds is 7. The Balaban J connectivity index is 0.00000338. The van der Waals surface area contributed by atoms with Crippen LogP contribution in [0.5, 0.6) is 0 Å². The quantitative estimate of drug-likeness (QED) is 0.362. The number of hydrogen-bond donors (Lipinski definition) is 2. The molecule has 2 N–H and O–H groups in total. The maximum Gasteiger partial charge on any atom is 0.191 e. The second-order valence-electron chi connectivity index (χ2n) is 6.93. The molecule has 0 atom stereocenters. The van der Waals surface area contributed by atoms with Gasteiger partial charge >= 0.3 is 0 Å². The lowest BCUT2D eigenvalue weighted by atomic mass is 10.0. The van der Waals surface area contributed by atoms with Gasteiger partial charge in [-0.1, -0.05) is 24.3 Å². The summed E-state index contributed by atoms with van der Waals surface area (Å²) < 4.78 is 5.43. The molecule has 0 spiro atoms. The summed E-state index contributed by atoms with van der Waals surface area (Å²) in [6, 6.07) is 9.71. The average Bonchev–Trinajstić information content (AvgIpc) is 2.64. The van der Waals surface area contributed by atoms with Gasteiger partial charge in [0.25, 0.3) is 0 Å². The Kier molecular flexibility index (Phi) is 11.2. The lowest BCUT2D eigenvalue weighted by Gasteiger charge is -2.35. The van der Waals surface area contributed by atoms with Gasteiger partial charge in [-0.3, -0.25) is 4.99 Å². The van der Waals surface area contributed by atoms with Gasteiger partial charge in [0.2, 0.25) is 0 Å². The predicted molar refractivity (Wildman–Crippen MR) is 120 cm³/mol. The van der Waals surface area contributed by atoms with Crippen molar-refractivity contribution in [1.82, 2.24) is 15.5 Å². The van der Waals surface area contributed by atoms with Crippen molar-refractivity contribution < 1.29 is 4.74 Å². The molecule has 0 saturated carbocycles. The lowest BCUT2D eigenvalue weighted by Crippen LogP contribution is -2.49. The van der Waals surface area contributed by atoms with Gasteiger partial charge in [-0.25, -0.2) is 0 Å². The van der Waals surface area contributed by atoms with Gasteiger partial charge < -0.3 is 20.3 Å². The predicted octanol–water partition coefficient (Wildman–Crippen LogP) is 3.38. The fraction of sp³-hybridized carbons (Fsp3) is 0.650. The molecule has 0 aliphatic carbocycles. The zero-order valence-corrected chi connectivity index (χ0v) is 19.0. The van der Waals surface area contributed by atoms with Crippen LogP contribution in [0.15, 0.2) is 29.3 Å². The van der Waals surface area contributed by atoms with Crippen molar-refractivity contribution in [3.63, 3.8) is 0 Å². The fourth-order valence-corrected chi connectivity index (χ4v) is 3.11. The molecule has 0 aromatic heterocycles. The van der Waals surface area contributed by atoms with E-state index in [4.69, 9.17) is 4.74 Å². The van der Waals surface area contributed by atoms with E-state index in [2.05, 4.69) is 58.6 Å². The van der Waals surface area contributed by atoms with Crippen molar-refractivity contribution in [3.8, 4) is 0 Å². The Labute approximate surface area is 176 Å². The van der Waals surface area contributed by atoms with Crippen LogP contribution in [0.3, 0.4) is 0 Å². The summed E-state index contributed by atoms with van der Waals surface area (Å²) in [5.41, 5.74) is 2.46. The van der Waals surface area contributed by atoms with Gasteiger partial charge in [0.05, 0.1) is 6.61 Å². The van der Waals surface area contributed by atoms with E-state index in [1.807, 2.05) is 14.0 Å². The van der Waals surface area contributed by atoms with E-state index in [9.17, 15) is 0 Å². The zero-order valence-electron chi connectivity index (χ0n) is 16.6. The van der Waals surface area contributed by atoms with Crippen molar-refractivity contribution >= 4 is 29.9 Å². The van der Waals surface area contributed by atoms with E-state index in [1.54, 1.807) is 0 Å². The second-order valence-corrected chi connectivity index (χ2v) is 6.93. The van der Waals surface area contributed by atoms with E-state index in [0.717, 1.165) is 32.2 Å². The van der Waals surface area contributed by atoms with E-state index >= 15 is 0 Å². The molecule has 0 unspecified atom stereocenters. The summed E-state index contributed by atoms with van der Waals surface area (Å²) in [6.07, 6.45) is 2.34. The highest BCUT2D eigenvalue weighted by Gasteiger charge is 2.21. The minimum absolute atomic E-state index is 0. The topological polar surface area (TPSA) is 48.9 Å². The van der Waals surface area contributed by atoms with Crippen LogP contribution in [0, 0.1) is 0 Å². The summed E-state index contributed by atoms with van der Waals surface area (Å²) in [4.78, 5) is 6.91. The molecule has 5 nitrogen and oxygen atoms in total. The summed E-state index contributed by atoms with van der Waals surface area (Å²) in [5.74, 6) is 0.890. The van der Waals surface area contributed by atoms with Crippen LogP contribution < -0.4 is 10.6 Å². The first-order chi connectivity index (χ1) is 12.1. The molecular weight excluding hydrogens is 439 g/mol. The van der Waals surface area contributed by atoms with Crippen molar-refractivity contribution in [2.24, 2.45) is 4.99 Å². The minimum Gasteiger partial charge on any atom is -0.377 e. The van der Waals surface area contributed by atoms with Crippen molar-refractivity contribution in [2.45, 2.75) is 58.8 Å². The maximum absolute atomic E-state index is 5.43. The number of nitrogens with zero attached hydrogens (tertiary/aromatic N) is 2.